The van der Waals surface area contributed by atoms with Crippen molar-refractivity contribution in [1.82, 2.24) is 15.1 Å². The zero-order chi connectivity index (χ0) is 13.0. The molecule has 0 atom stereocenters. The molecule has 1 aliphatic heterocycles. The minimum absolute atomic E-state index is 0. The third kappa shape index (κ3) is 4.19. The van der Waals surface area contributed by atoms with Crippen molar-refractivity contribution in [2.24, 2.45) is 0 Å². The fraction of sp³-hybridized carbons (Fsp3) is 0.500. The van der Waals surface area contributed by atoms with Gasteiger partial charge in [0.1, 0.15) is 0 Å². The number of likely N-dealkylation sites (N-methyl/N-ethyl adjacent to an activating group) is 1. The van der Waals surface area contributed by atoms with Crippen LogP contribution >= 0.6 is 23.7 Å². The smallest absolute Gasteiger partial charge is 0.254 e. The fourth-order valence-electron chi connectivity index (χ4n) is 1.90. The Balaban J connectivity index is 0.00000180. The van der Waals surface area contributed by atoms with Gasteiger partial charge in [-0.2, -0.15) is 11.3 Å². The number of hydrogen-bond acceptors (Lipinski definition) is 4. The van der Waals surface area contributed by atoms with Crippen LogP contribution in [-0.4, -0.2) is 61.4 Å². The molecular weight excluding hydrogens is 286 g/mol. The Morgan fingerprint density at radius 1 is 1.42 bits per heavy atom. The first-order valence-corrected chi connectivity index (χ1v) is 6.89. The summed E-state index contributed by atoms with van der Waals surface area (Å²) in [6.07, 6.45) is 0. The SMILES string of the molecule is CN(CC(=O)N1CCNCC1)C(=O)c1ccsc1.Cl. The van der Waals surface area contributed by atoms with E-state index in [0.29, 0.717) is 5.56 Å². The Bertz CT molecular complexity index is 419. The minimum atomic E-state index is -0.0975. The first-order valence-electron chi connectivity index (χ1n) is 5.94. The van der Waals surface area contributed by atoms with Crippen LogP contribution in [0.25, 0.3) is 0 Å². The minimum Gasteiger partial charge on any atom is -0.339 e. The zero-order valence-corrected chi connectivity index (χ0v) is 12.4. The first-order chi connectivity index (χ1) is 8.68. The summed E-state index contributed by atoms with van der Waals surface area (Å²) in [6, 6.07) is 1.78. The van der Waals surface area contributed by atoms with Crippen LogP contribution < -0.4 is 5.32 Å². The molecule has 1 aromatic rings. The average molecular weight is 304 g/mol. The Morgan fingerprint density at radius 3 is 2.68 bits per heavy atom. The number of nitrogens with one attached hydrogen (secondary N) is 1. The third-order valence-electron chi connectivity index (χ3n) is 2.96. The molecule has 0 saturated carbocycles. The maximum absolute atomic E-state index is 12.0. The van der Waals surface area contributed by atoms with Crippen LogP contribution in [0.15, 0.2) is 16.8 Å². The number of hydrogen-bond donors (Lipinski definition) is 1. The van der Waals surface area contributed by atoms with Gasteiger partial charge >= 0.3 is 0 Å². The molecular formula is C12H18ClN3O2S. The molecule has 0 aromatic carbocycles. The lowest BCUT2D eigenvalue weighted by Gasteiger charge is -2.29. The van der Waals surface area contributed by atoms with Crippen molar-refractivity contribution in [3.05, 3.63) is 22.4 Å². The molecule has 0 unspecified atom stereocenters. The lowest BCUT2D eigenvalue weighted by molar-refractivity contribution is -0.132. The third-order valence-corrected chi connectivity index (χ3v) is 3.64. The maximum atomic E-state index is 12.0. The Morgan fingerprint density at radius 2 is 2.11 bits per heavy atom. The van der Waals surface area contributed by atoms with Gasteiger partial charge in [-0.05, 0) is 11.4 Å². The highest BCUT2D eigenvalue weighted by Crippen LogP contribution is 2.08. The predicted molar refractivity (Wildman–Crippen MR) is 78.0 cm³/mol. The van der Waals surface area contributed by atoms with Gasteiger partial charge in [0, 0.05) is 38.6 Å². The van der Waals surface area contributed by atoms with E-state index in [1.807, 2.05) is 5.38 Å². The van der Waals surface area contributed by atoms with E-state index in [4.69, 9.17) is 0 Å². The summed E-state index contributed by atoms with van der Waals surface area (Å²) in [4.78, 5) is 27.2. The zero-order valence-electron chi connectivity index (χ0n) is 10.8. The van der Waals surface area contributed by atoms with Crippen molar-refractivity contribution in [3.8, 4) is 0 Å². The second-order valence-electron chi connectivity index (χ2n) is 4.30. The van der Waals surface area contributed by atoms with Crippen LogP contribution in [0.3, 0.4) is 0 Å². The number of nitrogens with zero attached hydrogens (tertiary/aromatic N) is 2. The van der Waals surface area contributed by atoms with E-state index in [2.05, 4.69) is 5.32 Å². The highest BCUT2D eigenvalue weighted by Gasteiger charge is 2.20. The summed E-state index contributed by atoms with van der Waals surface area (Å²) >= 11 is 1.48. The number of carbonyl (C=O) groups excluding carboxylic acids is 2. The molecule has 2 heterocycles. The van der Waals surface area contributed by atoms with Gasteiger partial charge in [0.15, 0.2) is 0 Å². The molecule has 0 radical (unpaired) electrons. The lowest BCUT2D eigenvalue weighted by atomic mass is 10.3. The van der Waals surface area contributed by atoms with Crippen LogP contribution in [0, 0.1) is 0 Å². The van der Waals surface area contributed by atoms with E-state index in [0.717, 1.165) is 26.2 Å². The number of piperazine rings is 1. The largest absolute Gasteiger partial charge is 0.339 e. The van der Waals surface area contributed by atoms with Crippen molar-refractivity contribution in [3.63, 3.8) is 0 Å². The van der Waals surface area contributed by atoms with Crippen molar-refractivity contribution >= 4 is 35.6 Å². The molecule has 7 heteroatoms. The maximum Gasteiger partial charge on any atom is 0.254 e. The van der Waals surface area contributed by atoms with Crippen LogP contribution in [0.1, 0.15) is 10.4 Å². The van der Waals surface area contributed by atoms with Crippen molar-refractivity contribution < 1.29 is 9.59 Å². The summed E-state index contributed by atoms with van der Waals surface area (Å²) in [5.74, 6) is -0.0812. The van der Waals surface area contributed by atoms with E-state index in [1.54, 1.807) is 23.4 Å². The quantitative estimate of drug-likeness (QED) is 0.893. The van der Waals surface area contributed by atoms with Crippen LogP contribution in [0.2, 0.25) is 0 Å². The van der Waals surface area contributed by atoms with Gasteiger partial charge in [-0.3, -0.25) is 9.59 Å². The molecule has 1 saturated heterocycles. The molecule has 5 nitrogen and oxygen atoms in total. The number of halogens is 1. The molecule has 1 fully saturated rings. The van der Waals surface area contributed by atoms with E-state index in [-0.39, 0.29) is 30.8 Å². The standard InChI is InChI=1S/C12H17N3O2S.ClH/c1-14(12(17)10-2-7-18-9-10)8-11(16)15-5-3-13-4-6-15;/h2,7,9,13H,3-6,8H2,1H3;1H. The Labute approximate surface area is 123 Å². The molecule has 0 spiro atoms. The first kappa shape index (κ1) is 15.9. The van der Waals surface area contributed by atoms with Gasteiger partial charge in [0.2, 0.25) is 5.91 Å². The van der Waals surface area contributed by atoms with E-state index >= 15 is 0 Å². The van der Waals surface area contributed by atoms with Crippen LogP contribution in [-0.2, 0) is 4.79 Å². The number of carbonyl (C=O) groups is 2. The summed E-state index contributed by atoms with van der Waals surface area (Å²) in [5, 5.41) is 6.86. The summed E-state index contributed by atoms with van der Waals surface area (Å²) < 4.78 is 0. The molecule has 19 heavy (non-hydrogen) atoms. The van der Waals surface area contributed by atoms with Crippen molar-refractivity contribution in [2.75, 3.05) is 39.8 Å². The second kappa shape index (κ2) is 7.47. The van der Waals surface area contributed by atoms with Gasteiger partial charge in [0.05, 0.1) is 12.1 Å². The Kier molecular flexibility index (Phi) is 6.27. The molecule has 1 aliphatic rings. The van der Waals surface area contributed by atoms with Crippen LogP contribution in [0.5, 0.6) is 0 Å². The topological polar surface area (TPSA) is 52.7 Å². The number of amides is 2. The molecule has 0 bridgehead atoms. The van der Waals surface area contributed by atoms with Gasteiger partial charge in [0.25, 0.3) is 5.91 Å². The molecule has 2 rings (SSSR count). The summed E-state index contributed by atoms with van der Waals surface area (Å²) in [5.41, 5.74) is 0.649. The Hall–Kier alpha value is -1.11. The average Bonchev–Trinajstić information content (AvgIpc) is 2.92. The van der Waals surface area contributed by atoms with Crippen LogP contribution in [0.4, 0.5) is 0 Å². The number of thiophene rings is 1. The molecule has 106 valence electrons. The van der Waals surface area contributed by atoms with Crippen molar-refractivity contribution in [1.29, 1.82) is 0 Å². The summed E-state index contributed by atoms with van der Waals surface area (Å²) in [6.45, 7) is 3.25. The van der Waals surface area contributed by atoms with E-state index in [1.165, 1.54) is 16.2 Å². The normalized spacial score (nSPS) is 14.7. The van der Waals surface area contributed by atoms with Gasteiger partial charge < -0.3 is 15.1 Å². The number of rotatable bonds is 3. The van der Waals surface area contributed by atoms with E-state index < -0.39 is 0 Å². The van der Waals surface area contributed by atoms with Gasteiger partial charge in [-0.25, -0.2) is 0 Å². The predicted octanol–water partition coefficient (Wildman–Crippen LogP) is 0.674. The van der Waals surface area contributed by atoms with E-state index in [9.17, 15) is 9.59 Å². The highest BCUT2D eigenvalue weighted by atomic mass is 35.5. The molecule has 1 N–H and O–H groups in total. The molecule has 1 aromatic heterocycles. The molecule has 0 aliphatic carbocycles. The van der Waals surface area contributed by atoms with Crippen molar-refractivity contribution in [2.45, 2.75) is 0 Å². The van der Waals surface area contributed by atoms with Gasteiger partial charge in [-0.1, -0.05) is 0 Å². The monoisotopic (exact) mass is 303 g/mol. The fourth-order valence-corrected chi connectivity index (χ4v) is 2.53. The summed E-state index contributed by atoms with van der Waals surface area (Å²) in [7, 11) is 1.67. The molecule has 2 amide bonds. The lowest BCUT2D eigenvalue weighted by Crippen LogP contribution is -2.49. The highest BCUT2D eigenvalue weighted by molar-refractivity contribution is 7.08. The van der Waals surface area contributed by atoms with Gasteiger partial charge in [-0.15, -0.1) is 12.4 Å². The second-order valence-corrected chi connectivity index (χ2v) is 5.08.